The number of hydrogen-bond donors (Lipinski definition) is 0. The van der Waals surface area contributed by atoms with Crippen molar-refractivity contribution in [2.75, 3.05) is 19.7 Å². The minimum absolute atomic E-state index is 0.0685. The van der Waals surface area contributed by atoms with E-state index in [1.165, 1.54) is 0 Å². The Morgan fingerprint density at radius 3 is 3.00 bits per heavy atom. The number of nitriles is 1. The number of hydrogen-bond acceptors (Lipinski definition) is 3. The second kappa shape index (κ2) is 5.30. The summed E-state index contributed by atoms with van der Waals surface area (Å²) >= 11 is 3.35. The predicted octanol–water partition coefficient (Wildman–Crippen LogP) is 1.81. The second-order valence-corrected chi connectivity index (χ2v) is 4.57. The van der Waals surface area contributed by atoms with Crippen LogP contribution in [0, 0.1) is 11.3 Å². The highest BCUT2D eigenvalue weighted by Crippen LogP contribution is 2.19. The number of halogens is 1. The number of amides is 1. The molecule has 5 heteroatoms. The van der Waals surface area contributed by atoms with E-state index >= 15 is 0 Å². The lowest BCUT2D eigenvalue weighted by atomic mass is 10.2. The number of benzene rings is 1. The molecule has 1 heterocycles. The summed E-state index contributed by atoms with van der Waals surface area (Å²) < 4.78 is 5.98. The first kappa shape index (κ1) is 12.1. The maximum Gasteiger partial charge on any atom is 0.255 e. The molecule has 0 spiro atoms. The molecule has 1 aromatic rings. The van der Waals surface area contributed by atoms with Crippen LogP contribution < -0.4 is 0 Å². The molecule has 1 aliphatic heterocycles. The smallest absolute Gasteiger partial charge is 0.255 e. The zero-order chi connectivity index (χ0) is 12.3. The fraction of sp³-hybridized carbons (Fsp3) is 0.333. The molecule has 0 N–H and O–H groups in total. The average Bonchev–Trinajstić information content (AvgIpc) is 2.38. The molecular formula is C12H11BrN2O2. The molecule has 4 nitrogen and oxygen atoms in total. The van der Waals surface area contributed by atoms with Crippen LogP contribution in [0.1, 0.15) is 10.4 Å². The number of morpholine rings is 1. The summed E-state index contributed by atoms with van der Waals surface area (Å²) in [4.78, 5) is 13.9. The van der Waals surface area contributed by atoms with E-state index in [4.69, 9.17) is 10.00 Å². The molecule has 0 bridgehead atoms. The van der Waals surface area contributed by atoms with Gasteiger partial charge in [0, 0.05) is 11.0 Å². The van der Waals surface area contributed by atoms with Crippen molar-refractivity contribution in [3.05, 3.63) is 34.3 Å². The van der Waals surface area contributed by atoms with E-state index in [0.29, 0.717) is 25.3 Å². The van der Waals surface area contributed by atoms with Gasteiger partial charge in [-0.3, -0.25) is 4.79 Å². The fourth-order valence-electron chi connectivity index (χ4n) is 1.72. The third-order valence-electron chi connectivity index (χ3n) is 2.60. The van der Waals surface area contributed by atoms with Gasteiger partial charge in [0.1, 0.15) is 0 Å². The minimum Gasteiger partial charge on any atom is -0.360 e. The summed E-state index contributed by atoms with van der Waals surface area (Å²) in [5, 5.41) is 8.79. The Kier molecular flexibility index (Phi) is 3.77. The van der Waals surface area contributed by atoms with Gasteiger partial charge < -0.3 is 9.64 Å². The molecule has 1 atom stereocenters. The molecule has 2 rings (SSSR count). The first-order chi connectivity index (χ1) is 8.22. The van der Waals surface area contributed by atoms with E-state index in [1.807, 2.05) is 24.3 Å². The number of ether oxygens (including phenoxy) is 1. The summed E-state index contributed by atoms with van der Waals surface area (Å²) in [6, 6.07) is 9.30. The summed E-state index contributed by atoms with van der Waals surface area (Å²) in [6.45, 7) is 1.27. The standard InChI is InChI=1S/C12H11BrN2O2/c13-11-4-2-1-3-10(11)12(16)15-5-6-17-9(7-14)8-15/h1-4,9H,5-6,8H2. The van der Waals surface area contributed by atoms with Crippen molar-refractivity contribution in [1.82, 2.24) is 4.90 Å². The van der Waals surface area contributed by atoms with Gasteiger partial charge in [-0.05, 0) is 28.1 Å². The van der Waals surface area contributed by atoms with Gasteiger partial charge in [-0.25, -0.2) is 0 Å². The molecule has 0 radical (unpaired) electrons. The summed E-state index contributed by atoms with van der Waals surface area (Å²) in [7, 11) is 0. The van der Waals surface area contributed by atoms with E-state index in [0.717, 1.165) is 4.47 Å². The molecule has 0 aromatic heterocycles. The third kappa shape index (κ3) is 2.65. The molecule has 0 saturated carbocycles. The van der Waals surface area contributed by atoms with E-state index in [-0.39, 0.29) is 5.91 Å². The van der Waals surface area contributed by atoms with Crippen molar-refractivity contribution in [3.63, 3.8) is 0 Å². The van der Waals surface area contributed by atoms with Gasteiger partial charge in [-0.2, -0.15) is 5.26 Å². The van der Waals surface area contributed by atoms with Gasteiger partial charge in [-0.15, -0.1) is 0 Å². The molecule has 1 aromatic carbocycles. The van der Waals surface area contributed by atoms with Crippen LogP contribution in [0.15, 0.2) is 28.7 Å². The number of rotatable bonds is 1. The molecule has 17 heavy (non-hydrogen) atoms. The van der Waals surface area contributed by atoms with Crippen LogP contribution in [0.4, 0.5) is 0 Å². The Labute approximate surface area is 108 Å². The minimum atomic E-state index is -0.518. The van der Waals surface area contributed by atoms with E-state index < -0.39 is 6.10 Å². The molecule has 1 saturated heterocycles. The molecule has 88 valence electrons. The van der Waals surface area contributed by atoms with Crippen molar-refractivity contribution >= 4 is 21.8 Å². The van der Waals surface area contributed by atoms with Gasteiger partial charge in [-0.1, -0.05) is 12.1 Å². The van der Waals surface area contributed by atoms with Gasteiger partial charge >= 0.3 is 0 Å². The van der Waals surface area contributed by atoms with E-state index in [9.17, 15) is 4.79 Å². The molecular weight excluding hydrogens is 284 g/mol. The first-order valence-corrected chi connectivity index (χ1v) is 6.06. The number of carbonyl (C=O) groups is 1. The van der Waals surface area contributed by atoms with E-state index in [2.05, 4.69) is 15.9 Å². The lowest BCUT2D eigenvalue weighted by Gasteiger charge is -2.30. The van der Waals surface area contributed by atoms with Crippen LogP contribution in [0.2, 0.25) is 0 Å². The van der Waals surface area contributed by atoms with Crippen molar-refractivity contribution in [3.8, 4) is 6.07 Å². The van der Waals surface area contributed by atoms with Crippen molar-refractivity contribution in [1.29, 1.82) is 5.26 Å². The topological polar surface area (TPSA) is 53.3 Å². The molecule has 0 aliphatic carbocycles. The summed E-state index contributed by atoms with van der Waals surface area (Å²) in [6.07, 6.45) is -0.518. The Bertz CT molecular complexity index is 470. The Morgan fingerprint density at radius 2 is 2.29 bits per heavy atom. The van der Waals surface area contributed by atoms with Gasteiger partial charge in [0.25, 0.3) is 5.91 Å². The Balaban J connectivity index is 2.16. The van der Waals surface area contributed by atoms with Crippen LogP contribution in [0.5, 0.6) is 0 Å². The quantitative estimate of drug-likeness (QED) is 0.794. The summed E-state index contributed by atoms with van der Waals surface area (Å²) in [5.74, 6) is -0.0685. The number of carbonyl (C=O) groups excluding carboxylic acids is 1. The zero-order valence-electron chi connectivity index (χ0n) is 9.10. The lowest BCUT2D eigenvalue weighted by Crippen LogP contribution is -2.45. The maximum absolute atomic E-state index is 12.2. The molecule has 1 fully saturated rings. The number of nitrogens with zero attached hydrogens (tertiary/aromatic N) is 2. The van der Waals surface area contributed by atoms with Crippen LogP contribution in [0.25, 0.3) is 0 Å². The van der Waals surface area contributed by atoms with Crippen molar-refractivity contribution < 1.29 is 9.53 Å². The van der Waals surface area contributed by atoms with Crippen molar-refractivity contribution in [2.24, 2.45) is 0 Å². The van der Waals surface area contributed by atoms with E-state index in [1.54, 1.807) is 11.0 Å². The van der Waals surface area contributed by atoms with Gasteiger partial charge in [0.15, 0.2) is 6.10 Å². The normalized spacial score (nSPS) is 19.8. The Morgan fingerprint density at radius 1 is 1.53 bits per heavy atom. The molecule has 1 unspecified atom stereocenters. The highest BCUT2D eigenvalue weighted by molar-refractivity contribution is 9.10. The SMILES string of the molecule is N#CC1CN(C(=O)c2ccccc2Br)CCO1. The zero-order valence-corrected chi connectivity index (χ0v) is 10.7. The average molecular weight is 295 g/mol. The Hall–Kier alpha value is -1.38. The third-order valence-corrected chi connectivity index (χ3v) is 3.29. The fourth-order valence-corrected chi connectivity index (χ4v) is 2.17. The first-order valence-electron chi connectivity index (χ1n) is 5.27. The lowest BCUT2D eigenvalue weighted by molar-refractivity contribution is 0.00342. The largest absolute Gasteiger partial charge is 0.360 e. The highest BCUT2D eigenvalue weighted by atomic mass is 79.9. The monoisotopic (exact) mass is 294 g/mol. The van der Waals surface area contributed by atoms with Crippen molar-refractivity contribution in [2.45, 2.75) is 6.10 Å². The van der Waals surface area contributed by atoms with Gasteiger partial charge in [0.2, 0.25) is 0 Å². The highest BCUT2D eigenvalue weighted by Gasteiger charge is 2.25. The molecule has 1 amide bonds. The van der Waals surface area contributed by atoms with Crippen LogP contribution >= 0.6 is 15.9 Å². The summed E-state index contributed by atoms with van der Waals surface area (Å²) in [5.41, 5.74) is 0.617. The molecule has 1 aliphatic rings. The van der Waals surface area contributed by atoms with Gasteiger partial charge in [0.05, 0.1) is 24.8 Å². The second-order valence-electron chi connectivity index (χ2n) is 3.72. The van der Waals surface area contributed by atoms with Crippen LogP contribution in [-0.2, 0) is 4.74 Å². The predicted molar refractivity (Wildman–Crippen MR) is 65.4 cm³/mol. The maximum atomic E-state index is 12.2. The van der Waals surface area contributed by atoms with Crippen LogP contribution in [-0.4, -0.2) is 36.6 Å². The van der Waals surface area contributed by atoms with Crippen LogP contribution in [0.3, 0.4) is 0 Å².